The van der Waals surface area contributed by atoms with Crippen molar-refractivity contribution in [1.82, 2.24) is 0 Å². The van der Waals surface area contributed by atoms with Crippen LogP contribution in [0.25, 0.3) is 0 Å². The van der Waals surface area contributed by atoms with Gasteiger partial charge in [-0.05, 0) is 13.3 Å². The molecule has 0 aliphatic heterocycles. The van der Waals surface area contributed by atoms with Crippen molar-refractivity contribution in [3.8, 4) is 0 Å². The molecule has 0 fully saturated rings. The Balaban J connectivity index is 0.000000665. The second kappa shape index (κ2) is 17.3. The highest BCUT2D eigenvalue weighted by molar-refractivity contribution is 7.20. The summed E-state index contributed by atoms with van der Waals surface area (Å²) < 4.78 is 294. The standard InChI is InChI=1S/C24BF20.C10H23N/c26-5-1(6(27)14(35)21(42)13(5)34)25(2-7(28)15(36)22(43)16(37)8(2)29,3-9(30)17(38)23(44)18(39)10(3)31)4-11(32)19(40)24(45)20(41)12(4)33;1-5-7-8-10(3)9-11(4)6-2/h;10H,5-9H2,1-4H3/q-1;/p+1. The lowest BCUT2D eigenvalue weighted by molar-refractivity contribution is -0.881. The minimum Gasteiger partial charge on any atom is -0.337 e. The van der Waals surface area contributed by atoms with Gasteiger partial charge in [-0.1, -0.05) is 26.7 Å². The third-order valence-electron chi connectivity index (χ3n) is 9.06. The molecule has 0 radical (unpaired) electrons. The molecular weight excluding hydrogens is 813 g/mol. The average Bonchev–Trinajstić information content (AvgIpc) is 3.17. The third kappa shape index (κ3) is 7.39. The van der Waals surface area contributed by atoms with Crippen LogP contribution < -0.4 is 26.8 Å². The number of hydrogen-bond donors (Lipinski definition) is 1. The van der Waals surface area contributed by atoms with E-state index in [0.717, 1.165) is 5.92 Å². The van der Waals surface area contributed by atoms with Crippen molar-refractivity contribution < 1.29 is 92.7 Å². The Morgan fingerprint density at radius 1 is 0.375 bits per heavy atom. The Morgan fingerprint density at radius 3 is 0.750 bits per heavy atom. The summed E-state index contributed by atoms with van der Waals surface area (Å²) in [6.45, 7) is 9.49. The molecule has 2 atom stereocenters. The van der Waals surface area contributed by atoms with Crippen molar-refractivity contribution in [2.24, 2.45) is 5.92 Å². The number of nitrogens with one attached hydrogen (secondary N) is 1. The maximum Gasteiger partial charge on any atom is 0.200 e. The van der Waals surface area contributed by atoms with E-state index in [1.165, 1.54) is 32.4 Å². The van der Waals surface area contributed by atoms with Crippen LogP contribution in [0.5, 0.6) is 0 Å². The lowest BCUT2D eigenvalue weighted by Crippen LogP contribution is -3.09. The lowest BCUT2D eigenvalue weighted by Gasteiger charge is -2.44. The van der Waals surface area contributed by atoms with E-state index in [9.17, 15) is 52.7 Å². The molecule has 308 valence electrons. The molecule has 4 rings (SSSR count). The van der Waals surface area contributed by atoms with Crippen molar-refractivity contribution in [3.05, 3.63) is 116 Å². The first-order valence-electron chi connectivity index (χ1n) is 15.9. The molecule has 0 aliphatic rings. The maximum absolute atomic E-state index is 15.4. The second-order valence-corrected chi connectivity index (χ2v) is 12.6. The first-order chi connectivity index (χ1) is 25.9. The Kier molecular flexibility index (Phi) is 14.2. The van der Waals surface area contributed by atoms with Crippen LogP contribution in [0, 0.1) is 122 Å². The van der Waals surface area contributed by atoms with E-state index in [0.29, 0.717) is 0 Å². The minimum absolute atomic E-state index is 0.912. The van der Waals surface area contributed by atoms with E-state index >= 15 is 35.1 Å². The maximum atomic E-state index is 15.4. The van der Waals surface area contributed by atoms with Crippen LogP contribution in [0.4, 0.5) is 87.8 Å². The van der Waals surface area contributed by atoms with Crippen LogP contribution in [0.15, 0.2) is 0 Å². The highest BCUT2D eigenvalue weighted by atomic mass is 19.2. The fourth-order valence-electron chi connectivity index (χ4n) is 6.27. The molecular formula is C34H24BF20N. The third-order valence-corrected chi connectivity index (χ3v) is 9.06. The fraction of sp³-hybridized carbons (Fsp3) is 0.294. The van der Waals surface area contributed by atoms with Gasteiger partial charge in [0.25, 0.3) is 0 Å². The topological polar surface area (TPSA) is 4.44 Å². The van der Waals surface area contributed by atoms with Gasteiger partial charge in [0.2, 0.25) is 0 Å². The summed E-state index contributed by atoms with van der Waals surface area (Å²) in [5, 5.41) is 0. The van der Waals surface area contributed by atoms with Crippen molar-refractivity contribution >= 4 is 28.0 Å². The predicted octanol–water partition coefficient (Wildman–Crippen LogP) is 7.19. The predicted molar refractivity (Wildman–Crippen MR) is 160 cm³/mol. The van der Waals surface area contributed by atoms with Gasteiger partial charge in [0.15, 0.2) is 69.8 Å². The molecule has 0 saturated heterocycles. The molecule has 1 N–H and O–H groups in total. The zero-order valence-corrected chi connectivity index (χ0v) is 28.7. The summed E-state index contributed by atoms with van der Waals surface area (Å²) in [7, 11) is 2.28. The molecule has 4 aromatic carbocycles. The van der Waals surface area contributed by atoms with E-state index < -0.39 is 144 Å². The fourth-order valence-corrected chi connectivity index (χ4v) is 6.27. The monoisotopic (exact) mass is 837 g/mol. The molecule has 22 heteroatoms. The SMILES string of the molecule is CCCCC(C)C[NH+](C)CC.Fc1c(F)c(F)c([B-](c2c(F)c(F)c(F)c(F)c2F)(c2c(F)c(F)c(F)c(F)c2F)c2c(F)c(F)c(F)c(F)c2F)c(F)c1F. The van der Waals surface area contributed by atoms with Gasteiger partial charge in [-0.15, -0.1) is 21.9 Å². The highest BCUT2D eigenvalue weighted by Crippen LogP contribution is 2.30. The summed E-state index contributed by atoms with van der Waals surface area (Å²) in [5.74, 6) is -70.5. The molecule has 0 amide bonds. The largest absolute Gasteiger partial charge is 0.337 e. The van der Waals surface area contributed by atoms with Crippen LogP contribution in [0.2, 0.25) is 0 Å². The molecule has 0 heterocycles. The molecule has 56 heavy (non-hydrogen) atoms. The van der Waals surface area contributed by atoms with Crippen molar-refractivity contribution in [1.29, 1.82) is 0 Å². The highest BCUT2D eigenvalue weighted by Gasteiger charge is 2.52. The van der Waals surface area contributed by atoms with Gasteiger partial charge < -0.3 is 4.90 Å². The Bertz CT molecular complexity index is 1770. The quantitative estimate of drug-likeness (QED) is 0.0748. The molecule has 0 aromatic heterocycles. The second-order valence-electron chi connectivity index (χ2n) is 12.6. The van der Waals surface area contributed by atoms with E-state index in [1.54, 1.807) is 4.90 Å². The van der Waals surface area contributed by atoms with Gasteiger partial charge in [-0.2, -0.15) is 0 Å². The molecule has 0 spiro atoms. The van der Waals surface area contributed by atoms with Crippen molar-refractivity contribution in [3.63, 3.8) is 0 Å². The molecule has 0 bridgehead atoms. The van der Waals surface area contributed by atoms with Gasteiger partial charge in [0, 0.05) is 5.92 Å². The molecule has 1 nitrogen and oxygen atoms in total. The van der Waals surface area contributed by atoms with Crippen molar-refractivity contribution in [2.45, 2.75) is 40.0 Å². The average molecular weight is 837 g/mol. The van der Waals surface area contributed by atoms with Gasteiger partial charge in [-0.25, -0.2) is 87.8 Å². The molecule has 0 saturated carbocycles. The normalized spacial score (nSPS) is 12.9. The van der Waals surface area contributed by atoms with E-state index in [-0.39, 0.29) is 0 Å². The smallest absolute Gasteiger partial charge is 0.200 e. The van der Waals surface area contributed by atoms with Crippen LogP contribution in [-0.2, 0) is 0 Å². The van der Waals surface area contributed by atoms with E-state index in [1.807, 2.05) is 0 Å². The van der Waals surface area contributed by atoms with Gasteiger partial charge >= 0.3 is 0 Å². The number of hydrogen-bond acceptors (Lipinski definition) is 0. The Hall–Kier alpha value is -4.50. The van der Waals surface area contributed by atoms with E-state index in [2.05, 4.69) is 27.8 Å². The van der Waals surface area contributed by atoms with Crippen LogP contribution in [0.1, 0.15) is 40.0 Å². The summed E-state index contributed by atoms with van der Waals surface area (Å²) in [5.41, 5.74) is -14.3. The van der Waals surface area contributed by atoms with Gasteiger partial charge in [0.05, 0.1) is 20.1 Å². The summed E-state index contributed by atoms with van der Waals surface area (Å²) in [6, 6.07) is 0. The van der Waals surface area contributed by atoms with Gasteiger partial charge in [-0.3, -0.25) is 0 Å². The number of halogens is 20. The zero-order valence-electron chi connectivity index (χ0n) is 28.7. The van der Waals surface area contributed by atoms with E-state index in [4.69, 9.17) is 0 Å². The number of rotatable bonds is 10. The zero-order chi connectivity index (χ0) is 43.0. The van der Waals surface area contributed by atoms with Gasteiger partial charge in [0.1, 0.15) is 52.7 Å². The minimum atomic E-state index is -7.22. The lowest BCUT2D eigenvalue weighted by atomic mass is 9.12. The number of quaternary nitrogens is 1. The number of unbranched alkanes of at least 4 members (excludes halogenated alkanes) is 1. The molecule has 4 aromatic rings. The molecule has 2 unspecified atom stereocenters. The van der Waals surface area contributed by atoms with Crippen molar-refractivity contribution in [2.75, 3.05) is 20.1 Å². The Labute approximate surface area is 303 Å². The first kappa shape index (κ1) is 45.9. The summed E-state index contributed by atoms with van der Waals surface area (Å²) in [6.07, 6.45) is -3.06. The summed E-state index contributed by atoms with van der Waals surface area (Å²) >= 11 is 0. The Morgan fingerprint density at radius 2 is 0.571 bits per heavy atom. The van der Waals surface area contributed by atoms with Crippen LogP contribution in [-0.4, -0.2) is 26.3 Å². The first-order valence-corrected chi connectivity index (χ1v) is 15.9. The van der Waals surface area contributed by atoms with Crippen LogP contribution >= 0.6 is 0 Å². The number of benzene rings is 4. The van der Waals surface area contributed by atoms with Crippen LogP contribution in [0.3, 0.4) is 0 Å². The summed E-state index contributed by atoms with van der Waals surface area (Å²) in [4.78, 5) is 1.66. The molecule has 0 aliphatic carbocycles.